The van der Waals surface area contributed by atoms with Gasteiger partial charge in [-0.1, -0.05) is 20.8 Å². The second-order valence-electron chi connectivity index (χ2n) is 5.43. The molecule has 6 heteroatoms. The van der Waals surface area contributed by atoms with Crippen LogP contribution >= 0.6 is 0 Å². The van der Waals surface area contributed by atoms with Gasteiger partial charge in [-0.15, -0.1) is 0 Å². The molecular formula is C15H21N3O2S. The molecule has 1 heterocycles. The van der Waals surface area contributed by atoms with E-state index in [1.165, 1.54) is 6.07 Å². The van der Waals surface area contributed by atoms with Crippen LogP contribution in [0.2, 0.25) is 0 Å². The van der Waals surface area contributed by atoms with Gasteiger partial charge in [0.2, 0.25) is 10.0 Å². The van der Waals surface area contributed by atoms with Gasteiger partial charge >= 0.3 is 0 Å². The van der Waals surface area contributed by atoms with Gasteiger partial charge in [0, 0.05) is 23.3 Å². The first-order valence-electron chi connectivity index (χ1n) is 7.02. The van der Waals surface area contributed by atoms with Gasteiger partial charge < -0.3 is 5.73 Å². The zero-order chi connectivity index (χ0) is 15.6. The van der Waals surface area contributed by atoms with Gasteiger partial charge in [-0.25, -0.2) is 13.1 Å². The fourth-order valence-corrected chi connectivity index (χ4v) is 3.97. The number of benzene rings is 1. The molecule has 0 saturated heterocycles. The van der Waals surface area contributed by atoms with Crippen LogP contribution in [0.5, 0.6) is 0 Å². The van der Waals surface area contributed by atoms with E-state index < -0.39 is 10.0 Å². The average molecular weight is 307 g/mol. The van der Waals surface area contributed by atoms with E-state index in [4.69, 9.17) is 5.73 Å². The summed E-state index contributed by atoms with van der Waals surface area (Å²) in [6, 6.07) is 6.53. The van der Waals surface area contributed by atoms with Crippen molar-refractivity contribution in [2.75, 3.05) is 5.73 Å². The molecule has 3 N–H and O–H groups in total. The number of aromatic nitrogens is 1. The van der Waals surface area contributed by atoms with Crippen LogP contribution in [0.15, 0.2) is 35.4 Å². The molecule has 5 nitrogen and oxygen atoms in total. The average Bonchev–Trinajstić information content (AvgIpc) is 2.45. The van der Waals surface area contributed by atoms with E-state index in [1.807, 2.05) is 20.8 Å². The number of nitrogen functional groups attached to an aromatic ring is 1. The van der Waals surface area contributed by atoms with Gasteiger partial charge in [0.05, 0.1) is 5.52 Å². The molecule has 0 bridgehead atoms. The Labute approximate surface area is 125 Å². The first-order chi connectivity index (χ1) is 9.86. The number of nitrogens with two attached hydrogens (primary N) is 1. The van der Waals surface area contributed by atoms with Gasteiger partial charge in [-0.3, -0.25) is 4.98 Å². The summed E-state index contributed by atoms with van der Waals surface area (Å²) in [5, 5.41) is 0.651. The zero-order valence-electron chi connectivity index (χ0n) is 12.5. The molecule has 1 aromatic carbocycles. The Morgan fingerprint density at radius 3 is 2.62 bits per heavy atom. The summed E-state index contributed by atoms with van der Waals surface area (Å²) in [5.74, 6) is 0.220. The highest BCUT2D eigenvalue weighted by Gasteiger charge is 2.24. The van der Waals surface area contributed by atoms with E-state index in [1.54, 1.807) is 24.4 Å². The quantitative estimate of drug-likeness (QED) is 0.831. The Morgan fingerprint density at radius 2 is 2.00 bits per heavy atom. The monoisotopic (exact) mass is 307 g/mol. The maximum absolute atomic E-state index is 12.6. The minimum Gasteiger partial charge on any atom is -0.398 e. The van der Waals surface area contributed by atoms with Gasteiger partial charge in [0.1, 0.15) is 4.90 Å². The smallest absolute Gasteiger partial charge is 0.242 e. The number of hydrogen-bond acceptors (Lipinski definition) is 4. The number of anilines is 1. The lowest BCUT2D eigenvalue weighted by molar-refractivity contribution is 0.437. The molecule has 0 aliphatic rings. The van der Waals surface area contributed by atoms with Gasteiger partial charge in [0.25, 0.3) is 0 Å². The Bertz CT molecular complexity index is 742. The molecule has 1 aromatic heterocycles. The minimum absolute atomic E-state index is 0.105. The Balaban J connectivity index is 2.53. The van der Waals surface area contributed by atoms with Crippen LogP contribution in [-0.4, -0.2) is 19.4 Å². The van der Waals surface area contributed by atoms with Crippen molar-refractivity contribution >= 4 is 26.6 Å². The number of hydrogen-bond donors (Lipinski definition) is 2. The van der Waals surface area contributed by atoms with Crippen molar-refractivity contribution in [3.05, 3.63) is 30.5 Å². The van der Waals surface area contributed by atoms with Gasteiger partial charge in [0.15, 0.2) is 0 Å². The van der Waals surface area contributed by atoms with Crippen molar-refractivity contribution in [3.8, 4) is 0 Å². The molecule has 2 aromatic rings. The summed E-state index contributed by atoms with van der Waals surface area (Å²) in [4.78, 5) is 4.36. The van der Waals surface area contributed by atoms with Crippen molar-refractivity contribution in [1.82, 2.24) is 9.71 Å². The largest absolute Gasteiger partial charge is 0.398 e. The second kappa shape index (κ2) is 5.99. The van der Waals surface area contributed by atoms with E-state index in [-0.39, 0.29) is 16.9 Å². The van der Waals surface area contributed by atoms with Crippen LogP contribution < -0.4 is 10.5 Å². The summed E-state index contributed by atoms with van der Waals surface area (Å²) in [7, 11) is -3.63. The fraction of sp³-hybridized carbons (Fsp3) is 0.400. The Hall–Kier alpha value is -1.66. The molecule has 2 rings (SSSR count). The van der Waals surface area contributed by atoms with Crippen LogP contribution in [0.1, 0.15) is 27.2 Å². The molecule has 21 heavy (non-hydrogen) atoms. The maximum atomic E-state index is 12.6. The van der Waals surface area contributed by atoms with Crippen molar-refractivity contribution < 1.29 is 8.42 Å². The predicted molar refractivity (Wildman–Crippen MR) is 85.4 cm³/mol. The summed E-state index contributed by atoms with van der Waals surface area (Å²) < 4.78 is 28.0. The van der Waals surface area contributed by atoms with Crippen molar-refractivity contribution in [1.29, 1.82) is 0 Å². The normalized spacial score (nSPS) is 13.7. The van der Waals surface area contributed by atoms with Crippen LogP contribution in [0.25, 0.3) is 10.9 Å². The summed E-state index contributed by atoms with van der Waals surface area (Å²) in [6.45, 7) is 5.96. The van der Waals surface area contributed by atoms with Gasteiger partial charge in [-0.05, 0) is 36.6 Å². The maximum Gasteiger partial charge on any atom is 0.242 e. The number of nitrogens with zero attached hydrogens (tertiary/aromatic N) is 1. The van der Waals surface area contributed by atoms with Crippen molar-refractivity contribution in [2.24, 2.45) is 5.92 Å². The number of fused-ring (bicyclic) bond motifs is 1. The molecule has 114 valence electrons. The zero-order valence-corrected chi connectivity index (χ0v) is 13.3. The Morgan fingerprint density at radius 1 is 1.29 bits per heavy atom. The molecule has 1 atom stereocenters. The molecule has 0 saturated carbocycles. The lowest BCUT2D eigenvalue weighted by Crippen LogP contribution is -2.38. The van der Waals surface area contributed by atoms with Crippen LogP contribution in [-0.2, 0) is 10.0 Å². The molecule has 1 unspecified atom stereocenters. The number of nitrogens with one attached hydrogen (secondary N) is 1. The third-order valence-electron chi connectivity index (χ3n) is 3.61. The SMILES string of the molecule is CCC(NS(=O)(=O)c1ccc(N)c2cccnc12)C(C)C. The number of rotatable bonds is 5. The van der Waals surface area contributed by atoms with Gasteiger partial charge in [-0.2, -0.15) is 0 Å². The molecule has 0 aliphatic heterocycles. The molecular weight excluding hydrogens is 286 g/mol. The standard InChI is InChI=1S/C15H21N3O2S/c1-4-13(10(2)3)18-21(19,20)14-8-7-12(16)11-6-5-9-17-15(11)14/h5-10,13,18H,4,16H2,1-3H3. The first kappa shape index (κ1) is 15.7. The summed E-state index contributed by atoms with van der Waals surface area (Å²) in [5.41, 5.74) is 6.82. The molecule has 0 fully saturated rings. The topological polar surface area (TPSA) is 85.1 Å². The van der Waals surface area contributed by atoms with Crippen LogP contribution in [0, 0.1) is 5.92 Å². The fourth-order valence-electron chi connectivity index (χ4n) is 2.34. The third kappa shape index (κ3) is 3.16. The predicted octanol–water partition coefficient (Wildman–Crippen LogP) is 2.53. The molecule has 0 amide bonds. The Kier molecular flexibility index (Phi) is 4.49. The van der Waals surface area contributed by atoms with Crippen LogP contribution in [0.4, 0.5) is 5.69 Å². The molecule has 0 aliphatic carbocycles. The van der Waals surface area contributed by atoms with E-state index >= 15 is 0 Å². The molecule has 0 radical (unpaired) electrons. The second-order valence-corrected chi connectivity index (χ2v) is 7.11. The van der Waals surface area contributed by atoms with E-state index in [9.17, 15) is 8.42 Å². The molecule has 0 spiro atoms. The highest BCUT2D eigenvalue weighted by molar-refractivity contribution is 7.89. The first-order valence-corrected chi connectivity index (χ1v) is 8.50. The number of sulfonamides is 1. The van der Waals surface area contributed by atoms with E-state index in [0.717, 1.165) is 6.42 Å². The lowest BCUT2D eigenvalue weighted by atomic mass is 10.0. The summed E-state index contributed by atoms with van der Waals surface area (Å²) in [6.07, 6.45) is 2.30. The highest BCUT2D eigenvalue weighted by Crippen LogP contribution is 2.26. The number of pyridine rings is 1. The lowest BCUT2D eigenvalue weighted by Gasteiger charge is -2.21. The highest BCUT2D eigenvalue weighted by atomic mass is 32.2. The van der Waals surface area contributed by atoms with Crippen molar-refractivity contribution in [3.63, 3.8) is 0 Å². The van der Waals surface area contributed by atoms with E-state index in [0.29, 0.717) is 16.6 Å². The summed E-state index contributed by atoms with van der Waals surface area (Å²) >= 11 is 0. The van der Waals surface area contributed by atoms with E-state index in [2.05, 4.69) is 9.71 Å². The van der Waals surface area contributed by atoms with Crippen molar-refractivity contribution in [2.45, 2.75) is 38.1 Å². The minimum atomic E-state index is -3.63. The van der Waals surface area contributed by atoms with Crippen LogP contribution in [0.3, 0.4) is 0 Å². The third-order valence-corrected chi connectivity index (χ3v) is 5.13.